The molecule has 0 aliphatic heterocycles. The van der Waals surface area contributed by atoms with Crippen LogP contribution in [0.5, 0.6) is 0 Å². The van der Waals surface area contributed by atoms with Gasteiger partial charge in [0, 0.05) is 5.69 Å². The van der Waals surface area contributed by atoms with Crippen LogP contribution in [0.25, 0.3) is 0 Å². The third-order valence-corrected chi connectivity index (χ3v) is 4.45. The van der Waals surface area contributed by atoms with Crippen LogP contribution in [-0.2, 0) is 6.42 Å². The number of aliphatic hydroxyl groups is 2. The SMILES string of the molecule is CCCCC(O)(CCCC)CCc1cccc(C(O)CCN)n1. The maximum atomic E-state index is 10.9. The fourth-order valence-electron chi connectivity index (χ4n) is 2.88. The molecular formula is C19H34N2O2. The van der Waals surface area contributed by atoms with E-state index in [1.54, 1.807) is 0 Å². The fraction of sp³-hybridized carbons (Fsp3) is 0.737. The van der Waals surface area contributed by atoms with Crippen molar-refractivity contribution in [1.29, 1.82) is 0 Å². The van der Waals surface area contributed by atoms with Crippen LogP contribution in [0.1, 0.15) is 82.7 Å². The van der Waals surface area contributed by atoms with Gasteiger partial charge in [-0.15, -0.1) is 0 Å². The highest BCUT2D eigenvalue weighted by Gasteiger charge is 2.25. The summed E-state index contributed by atoms with van der Waals surface area (Å²) in [7, 11) is 0. The molecule has 1 aromatic heterocycles. The van der Waals surface area contributed by atoms with E-state index in [4.69, 9.17) is 5.73 Å². The molecule has 1 aromatic rings. The second-order valence-electron chi connectivity index (χ2n) is 6.58. The summed E-state index contributed by atoms with van der Waals surface area (Å²) in [6, 6.07) is 5.73. The minimum Gasteiger partial charge on any atom is -0.390 e. The first-order valence-corrected chi connectivity index (χ1v) is 9.11. The summed E-state index contributed by atoms with van der Waals surface area (Å²) in [5, 5.41) is 20.9. The van der Waals surface area contributed by atoms with Crippen molar-refractivity contribution in [3.05, 3.63) is 29.6 Å². The Labute approximate surface area is 141 Å². The van der Waals surface area contributed by atoms with Crippen molar-refractivity contribution >= 4 is 0 Å². The molecule has 0 amide bonds. The van der Waals surface area contributed by atoms with E-state index in [9.17, 15) is 10.2 Å². The number of aliphatic hydroxyl groups excluding tert-OH is 1. The Bertz CT molecular complexity index is 429. The maximum absolute atomic E-state index is 10.9. The molecule has 0 aromatic carbocycles. The molecule has 23 heavy (non-hydrogen) atoms. The van der Waals surface area contributed by atoms with Crippen molar-refractivity contribution in [3.63, 3.8) is 0 Å². The Morgan fingerprint density at radius 1 is 1.13 bits per heavy atom. The van der Waals surface area contributed by atoms with Crippen LogP contribution >= 0.6 is 0 Å². The molecule has 4 nitrogen and oxygen atoms in total. The van der Waals surface area contributed by atoms with Crippen LogP contribution < -0.4 is 5.73 Å². The van der Waals surface area contributed by atoms with Crippen LogP contribution in [0, 0.1) is 0 Å². The Balaban J connectivity index is 2.67. The zero-order valence-corrected chi connectivity index (χ0v) is 14.8. The molecule has 0 radical (unpaired) electrons. The Hall–Kier alpha value is -0.970. The summed E-state index contributed by atoms with van der Waals surface area (Å²) in [4.78, 5) is 4.54. The maximum Gasteiger partial charge on any atom is 0.0971 e. The van der Waals surface area contributed by atoms with E-state index >= 15 is 0 Å². The monoisotopic (exact) mass is 322 g/mol. The summed E-state index contributed by atoms with van der Waals surface area (Å²) in [5.74, 6) is 0. The minimum atomic E-state index is -0.598. The van der Waals surface area contributed by atoms with Crippen molar-refractivity contribution < 1.29 is 10.2 Å². The van der Waals surface area contributed by atoms with Crippen molar-refractivity contribution in [3.8, 4) is 0 Å². The third-order valence-electron chi connectivity index (χ3n) is 4.45. The summed E-state index contributed by atoms with van der Waals surface area (Å²) in [5.41, 5.74) is 6.52. The number of nitrogens with zero attached hydrogens (tertiary/aromatic N) is 1. The zero-order chi connectivity index (χ0) is 17.1. The molecule has 0 saturated carbocycles. The van der Waals surface area contributed by atoms with Gasteiger partial charge in [0.05, 0.1) is 17.4 Å². The summed E-state index contributed by atoms with van der Waals surface area (Å²) >= 11 is 0. The molecule has 1 unspecified atom stereocenters. The molecule has 132 valence electrons. The molecule has 0 saturated heterocycles. The van der Waals surface area contributed by atoms with Gasteiger partial charge in [-0.05, 0) is 50.8 Å². The number of unbranched alkanes of at least 4 members (excludes halogenated alkanes) is 2. The smallest absolute Gasteiger partial charge is 0.0971 e. The first kappa shape index (κ1) is 20.1. The first-order chi connectivity index (χ1) is 11.0. The van der Waals surface area contributed by atoms with Gasteiger partial charge in [-0.2, -0.15) is 0 Å². The van der Waals surface area contributed by atoms with Gasteiger partial charge in [0.25, 0.3) is 0 Å². The second kappa shape index (κ2) is 10.7. The predicted octanol–water partition coefficient (Wildman–Crippen LogP) is 3.51. The van der Waals surface area contributed by atoms with E-state index in [2.05, 4.69) is 18.8 Å². The highest BCUT2D eigenvalue weighted by atomic mass is 16.3. The topological polar surface area (TPSA) is 79.4 Å². The summed E-state index contributed by atoms with van der Waals surface area (Å²) in [6.45, 7) is 4.76. The molecule has 0 aliphatic carbocycles. The first-order valence-electron chi connectivity index (χ1n) is 9.11. The lowest BCUT2D eigenvalue weighted by atomic mass is 9.86. The third kappa shape index (κ3) is 7.42. The van der Waals surface area contributed by atoms with Crippen molar-refractivity contribution in [2.24, 2.45) is 5.73 Å². The second-order valence-corrected chi connectivity index (χ2v) is 6.58. The van der Waals surface area contributed by atoms with Crippen LogP contribution in [0.2, 0.25) is 0 Å². The molecule has 0 bridgehead atoms. The van der Waals surface area contributed by atoms with Crippen molar-refractivity contribution in [1.82, 2.24) is 4.98 Å². The summed E-state index contributed by atoms with van der Waals surface area (Å²) in [6.07, 6.45) is 7.45. The number of nitrogens with two attached hydrogens (primary N) is 1. The van der Waals surface area contributed by atoms with E-state index in [-0.39, 0.29) is 0 Å². The minimum absolute atomic E-state index is 0.445. The van der Waals surface area contributed by atoms with Gasteiger partial charge in [-0.1, -0.05) is 45.6 Å². The van der Waals surface area contributed by atoms with E-state index in [0.29, 0.717) is 18.7 Å². The van der Waals surface area contributed by atoms with Crippen LogP contribution in [0.15, 0.2) is 18.2 Å². The Morgan fingerprint density at radius 3 is 2.35 bits per heavy atom. The normalized spacial score (nSPS) is 13.3. The predicted molar refractivity (Wildman–Crippen MR) is 95.2 cm³/mol. The Morgan fingerprint density at radius 2 is 1.78 bits per heavy atom. The number of pyridine rings is 1. The lowest BCUT2D eigenvalue weighted by Crippen LogP contribution is -2.29. The van der Waals surface area contributed by atoms with Crippen molar-refractivity contribution in [2.45, 2.75) is 83.3 Å². The molecule has 0 fully saturated rings. The van der Waals surface area contributed by atoms with Gasteiger partial charge in [-0.25, -0.2) is 0 Å². The van der Waals surface area contributed by atoms with Crippen LogP contribution in [-0.4, -0.2) is 27.3 Å². The molecule has 0 spiro atoms. The largest absolute Gasteiger partial charge is 0.390 e. The number of hydrogen-bond donors (Lipinski definition) is 3. The van der Waals surface area contributed by atoms with Gasteiger partial charge in [0.15, 0.2) is 0 Å². The van der Waals surface area contributed by atoms with E-state index in [1.165, 1.54) is 0 Å². The highest BCUT2D eigenvalue weighted by Crippen LogP contribution is 2.27. The van der Waals surface area contributed by atoms with Gasteiger partial charge in [0.2, 0.25) is 0 Å². The number of aryl methyl sites for hydroxylation is 1. The van der Waals surface area contributed by atoms with Gasteiger partial charge in [-0.3, -0.25) is 4.98 Å². The molecule has 4 heteroatoms. The van der Waals surface area contributed by atoms with E-state index < -0.39 is 11.7 Å². The molecule has 1 heterocycles. The van der Waals surface area contributed by atoms with E-state index in [1.807, 2.05) is 18.2 Å². The average molecular weight is 322 g/mol. The van der Waals surface area contributed by atoms with Crippen LogP contribution in [0.4, 0.5) is 0 Å². The van der Waals surface area contributed by atoms with Gasteiger partial charge in [0.1, 0.15) is 0 Å². The number of hydrogen-bond acceptors (Lipinski definition) is 4. The van der Waals surface area contributed by atoms with Crippen molar-refractivity contribution in [2.75, 3.05) is 6.54 Å². The quantitative estimate of drug-likeness (QED) is 0.550. The van der Waals surface area contributed by atoms with E-state index in [0.717, 1.165) is 57.1 Å². The Kier molecular flexibility index (Phi) is 9.37. The average Bonchev–Trinajstić information content (AvgIpc) is 2.57. The highest BCUT2D eigenvalue weighted by molar-refractivity contribution is 5.13. The van der Waals surface area contributed by atoms with Crippen LogP contribution in [0.3, 0.4) is 0 Å². The molecule has 4 N–H and O–H groups in total. The summed E-state index contributed by atoms with van der Waals surface area (Å²) < 4.78 is 0. The fourth-order valence-corrected chi connectivity index (χ4v) is 2.88. The molecule has 0 aliphatic rings. The zero-order valence-electron chi connectivity index (χ0n) is 14.8. The number of rotatable bonds is 12. The molecular weight excluding hydrogens is 288 g/mol. The van der Waals surface area contributed by atoms with Gasteiger partial charge < -0.3 is 15.9 Å². The lowest BCUT2D eigenvalue weighted by Gasteiger charge is -2.28. The molecule has 1 rings (SSSR count). The molecule has 1 atom stereocenters. The lowest BCUT2D eigenvalue weighted by molar-refractivity contribution is 0.0103. The standard InChI is InChI=1S/C19H34N2O2/c1-3-5-12-19(23,13-6-4-2)14-10-16-8-7-9-17(21-16)18(22)11-15-20/h7-9,18,22-23H,3-6,10-15,20H2,1-2H3. The number of aromatic nitrogens is 1. The van der Waals surface area contributed by atoms with Gasteiger partial charge >= 0.3 is 0 Å².